The number of H-pyrrole nitrogens is 1. The number of fused-ring (bicyclic) bond motifs is 1. The Morgan fingerprint density at radius 2 is 1.77 bits per heavy atom. The molecule has 1 N–H and O–H groups in total. The summed E-state index contributed by atoms with van der Waals surface area (Å²) in [7, 11) is 0. The number of nitrogens with zero attached hydrogens (tertiary/aromatic N) is 3. The van der Waals surface area contributed by atoms with Crippen molar-refractivity contribution in [3.05, 3.63) is 34.2 Å². The van der Waals surface area contributed by atoms with Crippen LogP contribution in [-0.2, 0) is 4.79 Å². The largest absolute Gasteiger partial charge is 0.342 e. The Bertz CT molecular complexity index is 1050. The first-order valence-corrected chi connectivity index (χ1v) is 11.8. The first-order valence-electron chi connectivity index (χ1n) is 11.8. The highest BCUT2D eigenvalue weighted by Crippen LogP contribution is 2.53. The van der Waals surface area contributed by atoms with E-state index < -0.39 is 0 Å². The van der Waals surface area contributed by atoms with Gasteiger partial charge in [0, 0.05) is 44.2 Å². The van der Waals surface area contributed by atoms with Crippen molar-refractivity contribution in [3.63, 3.8) is 0 Å². The first-order chi connectivity index (χ1) is 15.0. The second kappa shape index (κ2) is 7.93. The molecule has 7 heteroatoms. The van der Waals surface area contributed by atoms with Crippen molar-refractivity contribution in [2.45, 2.75) is 57.9 Å². The number of nitrogens with one attached hydrogen (secondary N) is 1. The molecular weight excluding hydrogens is 392 g/mol. The molecule has 31 heavy (non-hydrogen) atoms. The van der Waals surface area contributed by atoms with E-state index in [1.807, 2.05) is 23.6 Å². The fraction of sp³-hybridized carbons (Fsp3) is 0.625. The second-order valence-corrected chi connectivity index (χ2v) is 9.70. The maximum atomic E-state index is 12.7. The predicted octanol–water partition coefficient (Wildman–Crippen LogP) is 2.96. The lowest BCUT2D eigenvalue weighted by atomic mass is 9.93. The van der Waals surface area contributed by atoms with E-state index in [1.165, 1.54) is 25.7 Å². The predicted molar refractivity (Wildman–Crippen MR) is 119 cm³/mol. The number of hydrogen-bond donors (Lipinski definition) is 1. The van der Waals surface area contributed by atoms with Gasteiger partial charge in [-0.05, 0) is 62.1 Å². The number of Topliss-reactive ketones (excluding diaryl/α,β-unsaturated/α-hetero) is 1. The zero-order chi connectivity index (χ0) is 21.6. The SMILES string of the molecule is CCC(=O)c1ccc2c(c1)[nH]c(=O)n2C1CCN(CC(=O)N2CCC3(CC2)CC3)CC1. The molecule has 1 aromatic heterocycles. The third-order valence-electron chi connectivity index (χ3n) is 7.77. The number of benzene rings is 1. The summed E-state index contributed by atoms with van der Waals surface area (Å²) in [5.74, 6) is 0.334. The number of rotatable bonds is 5. The lowest BCUT2D eigenvalue weighted by molar-refractivity contribution is -0.134. The van der Waals surface area contributed by atoms with Crippen LogP contribution in [0.4, 0.5) is 0 Å². The van der Waals surface area contributed by atoms with E-state index in [0.29, 0.717) is 23.9 Å². The van der Waals surface area contributed by atoms with E-state index in [2.05, 4.69) is 14.8 Å². The monoisotopic (exact) mass is 424 g/mol. The summed E-state index contributed by atoms with van der Waals surface area (Å²) in [6.45, 7) is 5.81. The number of carbonyl (C=O) groups excluding carboxylic acids is 2. The summed E-state index contributed by atoms with van der Waals surface area (Å²) >= 11 is 0. The average Bonchev–Trinajstić information content (AvgIpc) is 3.45. The summed E-state index contributed by atoms with van der Waals surface area (Å²) in [6, 6.07) is 5.60. The van der Waals surface area contributed by atoms with Crippen LogP contribution < -0.4 is 5.69 Å². The zero-order valence-electron chi connectivity index (χ0n) is 18.4. The molecule has 1 aromatic carbocycles. The molecule has 2 saturated heterocycles. The highest BCUT2D eigenvalue weighted by Gasteiger charge is 2.45. The van der Waals surface area contributed by atoms with Crippen LogP contribution in [-0.4, -0.2) is 63.8 Å². The molecule has 2 aliphatic heterocycles. The highest BCUT2D eigenvalue weighted by molar-refractivity contribution is 5.98. The van der Waals surface area contributed by atoms with E-state index in [-0.39, 0.29) is 23.4 Å². The first kappa shape index (κ1) is 20.5. The Hall–Kier alpha value is -2.41. The lowest BCUT2D eigenvalue weighted by Crippen LogP contribution is -2.46. The molecule has 3 heterocycles. The van der Waals surface area contributed by atoms with Crippen molar-refractivity contribution in [1.29, 1.82) is 0 Å². The summed E-state index contributed by atoms with van der Waals surface area (Å²) in [4.78, 5) is 44.6. The van der Waals surface area contributed by atoms with Gasteiger partial charge in [0.25, 0.3) is 0 Å². The molecule has 0 radical (unpaired) electrons. The summed E-state index contributed by atoms with van der Waals surface area (Å²) < 4.78 is 1.84. The van der Waals surface area contributed by atoms with Gasteiger partial charge < -0.3 is 9.88 Å². The van der Waals surface area contributed by atoms with Crippen molar-refractivity contribution in [2.24, 2.45) is 5.41 Å². The standard InChI is InChI=1S/C24H32N4O3/c1-2-21(29)17-3-4-20-19(15-17)25-23(31)28(20)18-5-11-26(12-6-18)16-22(30)27-13-9-24(7-8-24)10-14-27/h3-4,15,18H,2,5-14,16H2,1H3,(H,25,31). The molecule has 3 fully saturated rings. The molecular formula is C24H32N4O3. The van der Waals surface area contributed by atoms with Crippen LogP contribution in [0, 0.1) is 5.41 Å². The van der Waals surface area contributed by atoms with Crippen molar-refractivity contribution in [1.82, 2.24) is 19.4 Å². The van der Waals surface area contributed by atoms with Gasteiger partial charge in [0.2, 0.25) is 5.91 Å². The zero-order valence-corrected chi connectivity index (χ0v) is 18.4. The van der Waals surface area contributed by atoms with Crippen LogP contribution in [0.25, 0.3) is 11.0 Å². The van der Waals surface area contributed by atoms with Gasteiger partial charge in [-0.1, -0.05) is 6.92 Å². The molecule has 7 nitrogen and oxygen atoms in total. The number of amides is 1. The number of ketones is 1. The second-order valence-electron chi connectivity index (χ2n) is 9.70. The summed E-state index contributed by atoms with van der Waals surface area (Å²) in [6.07, 6.45) is 7.20. The summed E-state index contributed by atoms with van der Waals surface area (Å²) in [5.41, 5.74) is 2.69. The molecule has 0 unspecified atom stereocenters. The minimum absolute atomic E-state index is 0.0782. The lowest BCUT2D eigenvalue weighted by Gasteiger charge is -2.36. The van der Waals surface area contributed by atoms with Gasteiger partial charge in [-0.25, -0.2) is 4.79 Å². The van der Waals surface area contributed by atoms with E-state index in [1.54, 1.807) is 6.07 Å². The van der Waals surface area contributed by atoms with Crippen molar-refractivity contribution >= 4 is 22.7 Å². The van der Waals surface area contributed by atoms with Crippen LogP contribution in [0.1, 0.15) is 68.3 Å². The maximum Gasteiger partial charge on any atom is 0.326 e. The van der Waals surface area contributed by atoms with Gasteiger partial charge in [-0.3, -0.25) is 19.1 Å². The van der Waals surface area contributed by atoms with E-state index in [4.69, 9.17) is 0 Å². The number of carbonyl (C=O) groups is 2. The Labute approximate surface area is 182 Å². The fourth-order valence-electron chi connectivity index (χ4n) is 5.41. The number of aromatic amines is 1. The molecule has 1 saturated carbocycles. The van der Waals surface area contributed by atoms with Crippen LogP contribution in [0.15, 0.2) is 23.0 Å². The summed E-state index contributed by atoms with van der Waals surface area (Å²) in [5, 5.41) is 0. The van der Waals surface area contributed by atoms with Crippen molar-refractivity contribution < 1.29 is 9.59 Å². The van der Waals surface area contributed by atoms with Gasteiger partial charge in [-0.2, -0.15) is 0 Å². The number of imidazole rings is 1. The molecule has 3 aliphatic rings. The number of hydrogen-bond acceptors (Lipinski definition) is 4. The van der Waals surface area contributed by atoms with Crippen LogP contribution in [0.3, 0.4) is 0 Å². The van der Waals surface area contributed by atoms with E-state index in [0.717, 1.165) is 50.1 Å². The molecule has 166 valence electrons. The molecule has 0 bridgehead atoms. The minimum atomic E-state index is -0.118. The van der Waals surface area contributed by atoms with Crippen LogP contribution in [0.5, 0.6) is 0 Å². The van der Waals surface area contributed by atoms with Crippen LogP contribution in [0.2, 0.25) is 0 Å². The number of aromatic nitrogens is 2. The smallest absolute Gasteiger partial charge is 0.326 e. The van der Waals surface area contributed by atoms with E-state index in [9.17, 15) is 14.4 Å². The quantitative estimate of drug-likeness (QED) is 0.749. The topological polar surface area (TPSA) is 78.4 Å². The third-order valence-corrected chi connectivity index (χ3v) is 7.77. The Morgan fingerprint density at radius 1 is 1.06 bits per heavy atom. The van der Waals surface area contributed by atoms with Crippen LogP contribution >= 0.6 is 0 Å². The minimum Gasteiger partial charge on any atom is -0.342 e. The van der Waals surface area contributed by atoms with Crippen molar-refractivity contribution in [3.8, 4) is 0 Å². The molecule has 1 aliphatic carbocycles. The third kappa shape index (κ3) is 3.95. The number of piperidine rings is 2. The molecule has 1 spiro atoms. The molecule has 0 atom stereocenters. The Balaban J connectivity index is 1.21. The Morgan fingerprint density at radius 3 is 2.42 bits per heavy atom. The van der Waals surface area contributed by atoms with Gasteiger partial charge in [-0.15, -0.1) is 0 Å². The molecule has 1 amide bonds. The van der Waals surface area contributed by atoms with Crippen molar-refractivity contribution in [2.75, 3.05) is 32.7 Å². The average molecular weight is 425 g/mol. The normalized spacial score (nSPS) is 21.6. The van der Waals surface area contributed by atoms with Gasteiger partial charge in [0.1, 0.15) is 0 Å². The number of likely N-dealkylation sites (tertiary alicyclic amines) is 2. The fourth-order valence-corrected chi connectivity index (χ4v) is 5.41. The molecule has 5 rings (SSSR count). The highest BCUT2D eigenvalue weighted by atomic mass is 16.2. The Kier molecular flexibility index (Phi) is 5.24. The van der Waals surface area contributed by atoms with Gasteiger partial charge in [0.15, 0.2) is 5.78 Å². The van der Waals surface area contributed by atoms with E-state index >= 15 is 0 Å². The van der Waals surface area contributed by atoms with Gasteiger partial charge >= 0.3 is 5.69 Å². The van der Waals surface area contributed by atoms with Gasteiger partial charge in [0.05, 0.1) is 17.6 Å². The maximum absolute atomic E-state index is 12.7. The molecule has 2 aromatic rings.